The number of hydrogen-bond acceptors (Lipinski definition) is 5. The van der Waals surface area contributed by atoms with Gasteiger partial charge in [-0.1, -0.05) is 0 Å². The van der Waals surface area contributed by atoms with Crippen LogP contribution in [-0.4, -0.2) is 68.1 Å². The van der Waals surface area contributed by atoms with Crippen LogP contribution >= 0.6 is 0 Å². The Balaban J connectivity index is 1.50. The number of nitrogens with one attached hydrogen (secondary N) is 1. The van der Waals surface area contributed by atoms with Crippen molar-refractivity contribution < 1.29 is 32.2 Å². The van der Waals surface area contributed by atoms with Crippen LogP contribution < -0.4 is 14.8 Å². The molecule has 10 heteroatoms. The van der Waals surface area contributed by atoms with Gasteiger partial charge in [0.05, 0.1) is 11.3 Å². The first-order chi connectivity index (χ1) is 18.3. The van der Waals surface area contributed by atoms with Crippen molar-refractivity contribution in [3.63, 3.8) is 0 Å². The fourth-order valence-electron chi connectivity index (χ4n) is 4.90. The molecular weight excluding hydrogens is 499 g/mol. The topological polar surface area (TPSA) is 71.1 Å². The quantitative estimate of drug-likeness (QED) is 0.475. The average molecular weight is 534 g/mol. The summed E-state index contributed by atoms with van der Waals surface area (Å²) in [7, 11) is 1.56. The average Bonchev–Trinajstić information content (AvgIpc) is 2.94. The highest BCUT2D eigenvalue weighted by Crippen LogP contribution is 2.31. The minimum absolute atomic E-state index is 0.00718. The van der Waals surface area contributed by atoms with E-state index in [9.17, 15) is 22.8 Å². The Morgan fingerprint density at radius 1 is 0.789 bits per heavy atom. The lowest BCUT2D eigenvalue weighted by Crippen LogP contribution is -2.36. The van der Waals surface area contributed by atoms with Crippen LogP contribution in [-0.2, 0) is 0 Å². The van der Waals surface area contributed by atoms with Gasteiger partial charge in [0.1, 0.15) is 36.1 Å². The Morgan fingerprint density at radius 3 is 1.92 bits per heavy atom. The van der Waals surface area contributed by atoms with E-state index in [0.717, 1.165) is 44.6 Å². The van der Waals surface area contributed by atoms with Gasteiger partial charge in [-0.05, 0) is 63.1 Å². The van der Waals surface area contributed by atoms with Crippen LogP contribution in [0.4, 0.5) is 18.9 Å². The van der Waals surface area contributed by atoms with Crippen LogP contribution in [0, 0.1) is 24.4 Å². The standard InChI is InChI=1S/C28H34F3N3O4/c1-18-15-23(24(26(31)25(18)30)28(36)34-11-7-4-8-12-34)38-14-13-37-22-17-20(29)21(32-2)16-19(22)27(35)33-9-5-3-6-10-33/h15-17,32H,3-14H2,1-2H3. The molecule has 2 saturated heterocycles. The van der Waals surface area contributed by atoms with E-state index < -0.39 is 28.9 Å². The van der Waals surface area contributed by atoms with Gasteiger partial charge < -0.3 is 24.6 Å². The molecule has 1 N–H and O–H groups in total. The van der Waals surface area contributed by atoms with Gasteiger partial charge in [0.2, 0.25) is 0 Å². The van der Waals surface area contributed by atoms with Gasteiger partial charge in [-0.25, -0.2) is 13.2 Å². The van der Waals surface area contributed by atoms with Crippen molar-refractivity contribution in [2.24, 2.45) is 0 Å². The van der Waals surface area contributed by atoms with Gasteiger partial charge in [0.25, 0.3) is 11.8 Å². The summed E-state index contributed by atoms with van der Waals surface area (Å²) in [5.74, 6) is -3.79. The summed E-state index contributed by atoms with van der Waals surface area (Å²) in [6, 6.07) is 3.87. The molecule has 0 aliphatic carbocycles. The maximum Gasteiger partial charge on any atom is 0.260 e. The second-order valence-corrected chi connectivity index (χ2v) is 9.68. The second-order valence-electron chi connectivity index (χ2n) is 9.68. The van der Waals surface area contributed by atoms with Crippen molar-refractivity contribution in [1.82, 2.24) is 9.80 Å². The number of rotatable bonds is 8. The van der Waals surface area contributed by atoms with E-state index in [1.165, 1.54) is 24.0 Å². The van der Waals surface area contributed by atoms with Gasteiger partial charge in [0, 0.05) is 39.3 Å². The molecule has 2 aromatic rings. The molecule has 2 fully saturated rings. The molecule has 2 aromatic carbocycles. The highest BCUT2D eigenvalue weighted by molar-refractivity contribution is 5.98. The van der Waals surface area contributed by atoms with Crippen molar-refractivity contribution in [2.45, 2.75) is 45.4 Å². The third-order valence-electron chi connectivity index (χ3n) is 7.02. The van der Waals surface area contributed by atoms with Crippen LogP contribution in [0.15, 0.2) is 18.2 Å². The largest absolute Gasteiger partial charge is 0.489 e. The molecule has 0 saturated carbocycles. The maximum absolute atomic E-state index is 14.9. The smallest absolute Gasteiger partial charge is 0.260 e. The van der Waals surface area contributed by atoms with Gasteiger partial charge in [-0.15, -0.1) is 0 Å². The van der Waals surface area contributed by atoms with Crippen LogP contribution in [0.3, 0.4) is 0 Å². The minimum atomic E-state index is -1.24. The number of halogens is 3. The molecule has 0 unspecified atom stereocenters. The number of aryl methyl sites for hydroxylation is 1. The highest BCUT2D eigenvalue weighted by Gasteiger charge is 2.29. The van der Waals surface area contributed by atoms with E-state index in [-0.39, 0.29) is 47.4 Å². The molecule has 2 amide bonds. The first-order valence-electron chi connectivity index (χ1n) is 13.2. The number of anilines is 1. The first kappa shape index (κ1) is 27.6. The molecule has 0 bridgehead atoms. The molecule has 4 rings (SSSR count). The molecule has 2 aliphatic rings. The third kappa shape index (κ3) is 6.00. The van der Waals surface area contributed by atoms with Gasteiger partial charge in [-0.3, -0.25) is 9.59 Å². The fraction of sp³-hybridized carbons (Fsp3) is 0.500. The summed E-state index contributed by atoms with van der Waals surface area (Å²) in [5.41, 5.74) is -0.0393. The van der Waals surface area contributed by atoms with E-state index in [1.54, 1.807) is 11.9 Å². The first-order valence-corrected chi connectivity index (χ1v) is 13.2. The molecule has 0 radical (unpaired) electrons. The lowest BCUT2D eigenvalue weighted by atomic mass is 10.1. The molecule has 2 heterocycles. The van der Waals surface area contributed by atoms with Gasteiger partial charge in [-0.2, -0.15) is 0 Å². The van der Waals surface area contributed by atoms with E-state index in [0.29, 0.717) is 26.2 Å². The summed E-state index contributed by atoms with van der Waals surface area (Å²) >= 11 is 0. The molecular formula is C28H34F3N3O4. The van der Waals surface area contributed by atoms with E-state index in [4.69, 9.17) is 9.47 Å². The van der Waals surface area contributed by atoms with Crippen molar-refractivity contribution in [2.75, 3.05) is 51.8 Å². The van der Waals surface area contributed by atoms with Gasteiger partial charge >= 0.3 is 0 Å². The summed E-state index contributed by atoms with van der Waals surface area (Å²) in [4.78, 5) is 29.5. The van der Waals surface area contributed by atoms with Crippen LogP contribution in [0.1, 0.15) is 64.8 Å². The molecule has 206 valence electrons. The predicted molar refractivity (Wildman–Crippen MR) is 138 cm³/mol. The molecule has 7 nitrogen and oxygen atoms in total. The fourth-order valence-corrected chi connectivity index (χ4v) is 4.90. The Labute approximate surface area is 220 Å². The number of likely N-dealkylation sites (tertiary alicyclic amines) is 2. The van der Waals surface area contributed by atoms with Crippen LogP contribution in [0.2, 0.25) is 0 Å². The number of piperidine rings is 2. The van der Waals surface area contributed by atoms with Gasteiger partial charge in [0.15, 0.2) is 11.6 Å². The van der Waals surface area contributed by atoms with E-state index in [2.05, 4.69) is 5.32 Å². The zero-order valence-electron chi connectivity index (χ0n) is 21.9. The number of carbonyl (C=O) groups excluding carboxylic acids is 2. The predicted octanol–water partition coefficient (Wildman–Crippen LogP) is 5.16. The van der Waals surface area contributed by atoms with Crippen molar-refractivity contribution in [3.8, 4) is 11.5 Å². The second kappa shape index (κ2) is 12.4. The zero-order chi connectivity index (χ0) is 27.2. The summed E-state index contributed by atoms with van der Waals surface area (Å²) in [6.07, 6.45) is 5.44. The molecule has 38 heavy (non-hydrogen) atoms. The number of benzene rings is 2. The summed E-state index contributed by atoms with van der Waals surface area (Å²) in [6.45, 7) is 3.32. The number of hydrogen-bond donors (Lipinski definition) is 1. The number of ether oxygens (including phenoxy) is 2. The molecule has 2 aliphatic heterocycles. The molecule has 0 aromatic heterocycles. The van der Waals surface area contributed by atoms with Crippen molar-refractivity contribution in [1.29, 1.82) is 0 Å². The molecule has 0 atom stereocenters. The minimum Gasteiger partial charge on any atom is -0.489 e. The van der Waals surface area contributed by atoms with E-state index >= 15 is 0 Å². The normalized spacial score (nSPS) is 15.8. The number of nitrogens with zero attached hydrogens (tertiary/aromatic N) is 2. The Hall–Kier alpha value is -3.43. The summed E-state index contributed by atoms with van der Waals surface area (Å²) in [5, 5.41) is 2.74. The number of amides is 2. The van der Waals surface area contributed by atoms with Crippen molar-refractivity contribution >= 4 is 17.5 Å². The monoisotopic (exact) mass is 533 g/mol. The van der Waals surface area contributed by atoms with Crippen molar-refractivity contribution in [3.05, 3.63) is 52.3 Å². The lowest BCUT2D eigenvalue weighted by molar-refractivity contribution is 0.0704. The SMILES string of the molecule is CNc1cc(C(=O)N2CCCCC2)c(OCCOc2cc(C)c(F)c(F)c2C(=O)N2CCCCC2)cc1F. The Kier molecular flexibility index (Phi) is 9.01. The highest BCUT2D eigenvalue weighted by atomic mass is 19.2. The van der Waals surface area contributed by atoms with Crippen LogP contribution in [0.25, 0.3) is 0 Å². The Morgan fingerprint density at radius 2 is 1.34 bits per heavy atom. The van der Waals surface area contributed by atoms with E-state index in [1.807, 2.05) is 0 Å². The zero-order valence-corrected chi connectivity index (χ0v) is 21.9. The summed E-state index contributed by atoms with van der Waals surface area (Å²) < 4.78 is 55.3. The van der Waals surface area contributed by atoms with Crippen LogP contribution in [0.5, 0.6) is 11.5 Å². The maximum atomic E-state index is 14.9. The third-order valence-corrected chi connectivity index (χ3v) is 7.02. The Bertz CT molecular complexity index is 1180. The lowest BCUT2D eigenvalue weighted by Gasteiger charge is -2.28. The number of carbonyl (C=O) groups is 2. The molecule has 0 spiro atoms.